The summed E-state index contributed by atoms with van der Waals surface area (Å²) in [6, 6.07) is 4.93. The van der Waals surface area contributed by atoms with E-state index in [4.69, 9.17) is 5.73 Å². The summed E-state index contributed by atoms with van der Waals surface area (Å²) in [5.74, 6) is 0. The van der Waals surface area contributed by atoms with Gasteiger partial charge in [0.15, 0.2) is 0 Å². The van der Waals surface area contributed by atoms with Crippen LogP contribution in [0.1, 0.15) is 43.4 Å². The topological polar surface area (TPSA) is 26.0 Å². The lowest BCUT2D eigenvalue weighted by Crippen LogP contribution is -2.11. The first-order chi connectivity index (χ1) is 7.45. The molecule has 0 aliphatic carbocycles. The highest BCUT2D eigenvalue weighted by Gasteiger charge is 2.30. The number of alkyl halides is 3. The highest BCUT2D eigenvalue weighted by atomic mass is 35.5. The Morgan fingerprint density at radius 2 is 1.71 bits per heavy atom. The summed E-state index contributed by atoms with van der Waals surface area (Å²) < 4.78 is 36.9. The van der Waals surface area contributed by atoms with Gasteiger partial charge in [0.2, 0.25) is 0 Å². The molecule has 1 atom stereocenters. The molecule has 0 unspecified atom stereocenters. The van der Waals surface area contributed by atoms with Crippen molar-refractivity contribution >= 4 is 12.4 Å². The van der Waals surface area contributed by atoms with Gasteiger partial charge in [0, 0.05) is 6.04 Å². The van der Waals surface area contributed by atoms with E-state index in [1.807, 2.05) is 0 Å². The van der Waals surface area contributed by atoms with E-state index in [0.29, 0.717) is 0 Å². The number of hydrogen-bond acceptors (Lipinski definition) is 1. The lowest BCUT2D eigenvalue weighted by atomic mass is 10.0. The van der Waals surface area contributed by atoms with Crippen LogP contribution in [0.5, 0.6) is 0 Å². The largest absolute Gasteiger partial charge is 0.416 e. The van der Waals surface area contributed by atoms with Gasteiger partial charge in [-0.25, -0.2) is 0 Å². The summed E-state index contributed by atoms with van der Waals surface area (Å²) in [5, 5.41) is 0. The van der Waals surface area contributed by atoms with E-state index < -0.39 is 11.7 Å². The van der Waals surface area contributed by atoms with E-state index in [9.17, 15) is 13.2 Å². The van der Waals surface area contributed by atoms with Gasteiger partial charge in [0.1, 0.15) is 0 Å². The van der Waals surface area contributed by atoms with E-state index in [-0.39, 0.29) is 18.4 Å². The molecule has 17 heavy (non-hydrogen) atoms. The molecule has 1 aromatic carbocycles. The fraction of sp³-hybridized carbons (Fsp3) is 0.500. The van der Waals surface area contributed by atoms with Crippen molar-refractivity contribution in [3.63, 3.8) is 0 Å². The first kappa shape index (κ1) is 16.3. The van der Waals surface area contributed by atoms with Crippen LogP contribution in [-0.4, -0.2) is 0 Å². The summed E-state index contributed by atoms with van der Waals surface area (Å²) in [6.45, 7) is 2.06. The summed E-state index contributed by atoms with van der Waals surface area (Å²) in [4.78, 5) is 0. The van der Waals surface area contributed by atoms with Gasteiger partial charge < -0.3 is 5.73 Å². The maximum Gasteiger partial charge on any atom is 0.416 e. The molecular formula is C12H17ClF3N. The summed E-state index contributed by atoms with van der Waals surface area (Å²) in [6.07, 6.45) is -1.44. The highest BCUT2D eigenvalue weighted by Crippen LogP contribution is 2.30. The predicted octanol–water partition coefficient (Wildman–Crippen LogP) is 4.32. The van der Waals surface area contributed by atoms with Crippen molar-refractivity contribution in [3.05, 3.63) is 35.4 Å². The van der Waals surface area contributed by atoms with E-state index in [2.05, 4.69) is 6.92 Å². The Bertz CT molecular complexity index is 322. The average Bonchev–Trinajstić information content (AvgIpc) is 2.25. The first-order valence-electron chi connectivity index (χ1n) is 5.38. The Hall–Kier alpha value is -0.740. The molecule has 1 nitrogen and oxygen atoms in total. The van der Waals surface area contributed by atoms with Gasteiger partial charge >= 0.3 is 6.18 Å². The molecule has 2 N–H and O–H groups in total. The molecule has 0 saturated heterocycles. The second kappa shape index (κ2) is 6.87. The van der Waals surface area contributed by atoms with E-state index in [0.717, 1.165) is 37.0 Å². The quantitative estimate of drug-likeness (QED) is 0.864. The predicted molar refractivity (Wildman–Crippen MR) is 65.1 cm³/mol. The molecule has 1 aromatic rings. The maximum absolute atomic E-state index is 12.3. The van der Waals surface area contributed by atoms with Crippen LogP contribution in [0.15, 0.2) is 24.3 Å². The molecule has 0 aliphatic rings. The van der Waals surface area contributed by atoms with Crippen LogP contribution in [-0.2, 0) is 6.18 Å². The second-order valence-electron chi connectivity index (χ2n) is 3.87. The molecule has 0 bridgehead atoms. The van der Waals surface area contributed by atoms with Crippen molar-refractivity contribution in [1.82, 2.24) is 0 Å². The number of unbranched alkanes of at least 4 members (excludes halogenated alkanes) is 1. The van der Waals surface area contributed by atoms with Gasteiger partial charge in [-0.2, -0.15) is 13.2 Å². The summed E-state index contributed by atoms with van der Waals surface area (Å²) in [7, 11) is 0. The van der Waals surface area contributed by atoms with E-state index >= 15 is 0 Å². The van der Waals surface area contributed by atoms with Crippen LogP contribution < -0.4 is 5.73 Å². The van der Waals surface area contributed by atoms with Gasteiger partial charge in [-0.1, -0.05) is 31.9 Å². The standard InChI is InChI=1S/C12H16F3N.ClH/c1-2-3-4-11(16)9-5-7-10(8-6-9)12(13,14)15;/h5-8,11H,2-4,16H2,1H3;1H/t11-;/m0./s1. The number of rotatable bonds is 4. The Labute approximate surface area is 106 Å². The number of hydrogen-bond donors (Lipinski definition) is 1. The fourth-order valence-corrected chi connectivity index (χ4v) is 1.51. The Morgan fingerprint density at radius 3 is 2.12 bits per heavy atom. The zero-order valence-corrected chi connectivity index (χ0v) is 10.4. The Morgan fingerprint density at radius 1 is 1.18 bits per heavy atom. The van der Waals surface area contributed by atoms with Crippen molar-refractivity contribution < 1.29 is 13.2 Å². The SMILES string of the molecule is CCCC[C@H](N)c1ccc(C(F)(F)F)cc1.Cl. The van der Waals surface area contributed by atoms with Gasteiger partial charge in [-0.15, -0.1) is 12.4 Å². The zero-order chi connectivity index (χ0) is 12.2. The molecule has 0 amide bonds. The van der Waals surface area contributed by atoms with Gasteiger partial charge in [0.25, 0.3) is 0 Å². The second-order valence-corrected chi connectivity index (χ2v) is 3.87. The molecule has 0 aromatic heterocycles. The van der Waals surface area contributed by atoms with Crippen LogP contribution in [0.25, 0.3) is 0 Å². The minimum absolute atomic E-state index is 0. The molecule has 0 heterocycles. The maximum atomic E-state index is 12.3. The third-order valence-electron chi connectivity index (χ3n) is 2.53. The molecule has 0 spiro atoms. The average molecular weight is 268 g/mol. The van der Waals surface area contributed by atoms with Crippen LogP contribution in [0.3, 0.4) is 0 Å². The van der Waals surface area contributed by atoms with Crippen LogP contribution in [0.2, 0.25) is 0 Å². The van der Waals surface area contributed by atoms with Crippen molar-refractivity contribution in [3.8, 4) is 0 Å². The lowest BCUT2D eigenvalue weighted by Gasteiger charge is -2.13. The van der Waals surface area contributed by atoms with Crippen molar-refractivity contribution in [1.29, 1.82) is 0 Å². The highest BCUT2D eigenvalue weighted by molar-refractivity contribution is 5.85. The van der Waals surface area contributed by atoms with E-state index in [1.165, 1.54) is 12.1 Å². The molecule has 5 heteroatoms. The normalized spacial score (nSPS) is 13.0. The van der Waals surface area contributed by atoms with Crippen LogP contribution >= 0.6 is 12.4 Å². The van der Waals surface area contributed by atoms with Gasteiger partial charge in [-0.05, 0) is 24.1 Å². The first-order valence-corrected chi connectivity index (χ1v) is 5.38. The van der Waals surface area contributed by atoms with Gasteiger partial charge in [-0.3, -0.25) is 0 Å². The van der Waals surface area contributed by atoms with Crippen LogP contribution in [0.4, 0.5) is 13.2 Å². The fourth-order valence-electron chi connectivity index (χ4n) is 1.51. The zero-order valence-electron chi connectivity index (χ0n) is 9.63. The molecule has 0 saturated carbocycles. The van der Waals surface area contributed by atoms with Crippen molar-refractivity contribution in [2.75, 3.05) is 0 Å². The molecule has 1 rings (SSSR count). The van der Waals surface area contributed by atoms with Crippen molar-refractivity contribution in [2.24, 2.45) is 5.73 Å². The molecular weight excluding hydrogens is 251 g/mol. The molecule has 98 valence electrons. The van der Waals surface area contributed by atoms with Crippen LogP contribution in [0, 0.1) is 0 Å². The van der Waals surface area contributed by atoms with Gasteiger partial charge in [0.05, 0.1) is 5.56 Å². The van der Waals surface area contributed by atoms with E-state index in [1.54, 1.807) is 0 Å². The molecule has 0 fully saturated rings. The summed E-state index contributed by atoms with van der Waals surface area (Å²) in [5.41, 5.74) is 6.00. The Kier molecular flexibility index (Phi) is 6.57. The third-order valence-corrected chi connectivity index (χ3v) is 2.53. The Balaban J connectivity index is 0.00000256. The third kappa shape index (κ3) is 4.96. The van der Waals surface area contributed by atoms with Crippen molar-refractivity contribution in [2.45, 2.75) is 38.4 Å². The minimum atomic E-state index is -4.27. The number of nitrogens with two attached hydrogens (primary N) is 1. The summed E-state index contributed by atoms with van der Waals surface area (Å²) >= 11 is 0. The molecule has 0 radical (unpaired) electrons. The monoisotopic (exact) mass is 267 g/mol. The molecule has 0 aliphatic heterocycles. The minimum Gasteiger partial charge on any atom is -0.324 e. The number of benzene rings is 1. The lowest BCUT2D eigenvalue weighted by molar-refractivity contribution is -0.137. The smallest absolute Gasteiger partial charge is 0.324 e. The number of halogens is 4.